The summed E-state index contributed by atoms with van der Waals surface area (Å²) in [5.74, 6) is 1.39. The molecule has 142 valence electrons. The molecule has 1 heterocycles. The van der Waals surface area contributed by atoms with Crippen LogP contribution in [0.2, 0.25) is 0 Å². The summed E-state index contributed by atoms with van der Waals surface area (Å²) >= 11 is 0. The fourth-order valence-electron chi connectivity index (χ4n) is 4.30. The average molecular weight is 357 g/mol. The molecule has 0 spiro atoms. The van der Waals surface area contributed by atoms with Crippen LogP contribution in [-0.4, -0.2) is 25.5 Å². The Kier molecular flexibility index (Phi) is 5.71. The molecule has 0 radical (unpaired) electrons. The van der Waals surface area contributed by atoms with Crippen LogP contribution in [0.4, 0.5) is 0 Å². The fourth-order valence-corrected chi connectivity index (χ4v) is 4.30. The Labute approximate surface area is 157 Å². The van der Waals surface area contributed by atoms with Crippen molar-refractivity contribution in [3.8, 4) is 5.75 Å². The Bertz CT molecular complexity index is 700. The Morgan fingerprint density at radius 3 is 2.69 bits per heavy atom. The van der Waals surface area contributed by atoms with Crippen LogP contribution in [-0.2, 0) is 17.8 Å². The molecule has 26 heavy (non-hydrogen) atoms. The number of carbonyl (C=O) groups excluding carboxylic acids is 1. The van der Waals surface area contributed by atoms with Gasteiger partial charge >= 0.3 is 0 Å². The van der Waals surface area contributed by atoms with E-state index in [1.807, 2.05) is 13.1 Å². The number of benzene rings is 1. The summed E-state index contributed by atoms with van der Waals surface area (Å²) < 4.78 is 5.60. The van der Waals surface area contributed by atoms with Crippen molar-refractivity contribution in [3.05, 3.63) is 34.9 Å². The highest BCUT2D eigenvalue weighted by Gasteiger charge is 2.30. The molecule has 3 rings (SSSR count). The molecular formula is C22H32N2O2. The van der Waals surface area contributed by atoms with Gasteiger partial charge in [0.05, 0.1) is 7.11 Å². The number of ketones is 1. The normalized spacial score (nSPS) is 21.2. The van der Waals surface area contributed by atoms with Gasteiger partial charge in [-0.05, 0) is 57.9 Å². The molecule has 2 aliphatic rings. The number of hydrogen-bond donors (Lipinski definition) is 2. The van der Waals surface area contributed by atoms with Gasteiger partial charge in [-0.2, -0.15) is 0 Å². The Morgan fingerprint density at radius 2 is 2.04 bits per heavy atom. The Balaban J connectivity index is 1.99. The van der Waals surface area contributed by atoms with E-state index in [4.69, 9.17) is 4.74 Å². The summed E-state index contributed by atoms with van der Waals surface area (Å²) in [5.41, 5.74) is 4.38. The molecule has 1 aliphatic carbocycles. The lowest BCUT2D eigenvalue weighted by Crippen LogP contribution is -2.44. The first-order valence-electron chi connectivity index (χ1n) is 9.82. The zero-order valence-corrected chi connectivity index (χ0v) is 16.6. The fraction of sp³-hybridized carbons (Fsp3) is 0.591. The number of rotatable bonds is 5. The van der Waals surface area contributed by atoms with E-state index in [1.165, 1.54) is 24.8 Å². The van der Waals surface area contributed by atoms with Gasteiger partial charge in [-0.25, -0.2) is 0 Å². The second kappa shape index (κ2) is 7.83. The monoisotopic (exact) mass is 356 g/mol. The molecule has 1 fully saturated rings. The third kappa shape index (κ3) is 4.12. The molecule has 0 bridgehead atoms. The van der Waals surface area contributed by atoms with Crippen LogP contribution in [0.1, 0.15) is 62.6 Å². The van der Waals surface area contributed by atoms with Crippen molar-refractivity contribution < 1.29 is 9.53 Å². The van der Waals surface area contributed by atoms with E-state index in [0.29, 0.717) is 0 Å². The molecule has 0 aromatic heterocycles. The first kappa shape index (κ1) is 19.0. The molecule has 0 unspecified atom stereocenters. The van der Waals surface area contributed by atoms with Gasteiger partial charge in [-0.1, -0.05) is 19.3 Å². The van der Waals surface area contributed by atoms with E-state index in [1.54, 1.807) is 7.11 Å². The number of allylic oxidation sites excluding steroid dienone is 1. The maximum atomic E-state index is 12.9. The molecule has 4 nitrogen and oxygen atoms in total. The van der Waals surface area contributed by atoms with Gasteiger partial charge in [0.25, 0.3) is 0 Å². The first-order chi connectivity index (χ1) is 12.4. The van der Waals surface area contributed by atoms with E-state index in [0.717, 1.165) is 48.4 Å². The van der Waals surface area contributed by atoms with Gasteiger partial charge < -0.3 is 15.4 Å². The smallest absolute Gasteiger partial charge is 0.160 e. The van der Waals surface area contributed by atoms with Crippen molar-refractivity contribution in [2.75, 3.05) is 14.2 Å². The molecular weight excluding hydrogens is 324 g/mol. The van der Waals surface area contributed by atoms with Crippen LogP contribution >= 0.6 is 0 Å². The summed E-state index contributed by atoms with van der Waals surface area (Å²) in [5, 5.41) is 6.81. The van der Waals surface area contributed by atoms with Crippen LogP contribution in [0.15, 0.2) is 18.2 Å². The van der Waals surface area contributed by atoms with Gasteiger partial charge in [0.15, 0.2) is 5.78 Å². The molecule has 0 amide bonds. The van der Waals surface area contributed by atoms with Crippen LogP contribution in [0.5, 0.6) is 5.75 Å². The van der Waals surface area contributed by atoms with E-state index in [-0.39, 0.29) is 17.2 Å². The summed E-state index contributed by atoms with van der Waals surface area (Å²) in [7, 11) is 3.65. The minimum Gasteiger partial charge on any atom is -0.496 e. The summed E-state index contributed by atoms with van der Waals surface area (Å²) in [4.78, 5) is 12.9. The average Bonchev–Trinajstić information content (AvgIpc) is 2.62. The number of ether oxygens (including phenoxy) is 1. The van der Waals surface area contributed by atoms with Gasteiger partial charge in [0.1, 0.15) is 5.75 Å². The lowest BCUT2D eigenvalue weighted by molar-refractivity contribution is -0.119. The quantitative estimate of drug-likeness (QED) is 0.787. The third-order valence-corrected chi connectivity index (χ3v) is 5.56. The molecule has 0 saturated heterocycles. The highest BCUT2D eigenvalue weighted by molar-refractivity contribution is 5.98. The predicted molar refractivity (Wildman–Crippen MR) is 106 cm³/mol. The summed E-state index contributed by atoms with van der Waals surface area (Å²) in [6.07, 6.45) is 8.47. The van der Waals surface area contributed by atoms with Gasteiger partial charge in [0.2, 0.25) is 0 Å². The van der Waals surface area contributed by atoms with E-state index < -0.39 is 0 Å². The Hall–Kier alpha value is -1.81. The van der Waals surface area contributed by atoms with Crippen LogP contribution in [0, 0.1) is 5.92 Å². The molecule has 1 saturated carbocycles. The second-order valence-corrected chi connectivity index (χ2v) is 8.33. The predicted octanol–water partition coefficient (Wildman–Crippen LogP) is 3.83. The standard InChI is InChI=1S/C22H32N2O2/c1-22(2)13-16-11-21(26-4)17(14-23-3)10-18(16)19(24-22)12-20(25)15-8-6-5-7-9-15/h10-12,15,23-24H,5-9,13-14H2,1-4H3. The van der Waals surface area contributed by atoms with E-state index >= 15 is 0 Å². The highest BCUT2D eigenvalue weighted by Crippen LogP contribution is 2.35. The molecule has 1 aromatic carbocycles. The SMILES string of the molecule is CNCc1cc2c(cc1OC)CC(C)(C)NC2=CC(=O)C1CCCCC1. The lowest BCUT2D eigenvalue weighted by atomic mass is 9.82. The highest BCUT2D eigenvalue weighted by atomic mass is 16.5. The maximum Gasteiger partial charge on any atom is 0.160 e. The van der Waals surface area contributed by atoms with Crippen LogP contribution in [0.25, 0.3) is 5.70 Å². The number of hydrogen-bond acceptors (Lipinski definition) is 4. The first-order valence-corrected chi connectivity index (χ1v) is 9.82. The maximum absolute atomic E-state index is 12.9. The number of fused-ring (bicyclic) bond motifs is 1. The topological polar surface area (TPSA) is 50.4 Å². The molecule has 1 aromatic rings. The second-order valence-electron chi connectivity index (χ2n) is 8.33. The van der Waals surface area contributed by atoms with Gasteiger partial charge in [0, 0.05) is 40.9 Å². The molecule has 2 N–H and O–H groups in total. The molecule has 1 aliphatic heterocycles. The van der Waals surface area contributed by atoms with Crippen molar-refractivity contribution in [2.24, 2.45) is 5.92 Å². The minimum atomic E-state index is -0.0821. The van der Waals surface area contributed by atoms with Crippen molar-refractivity contribution in [3.63, 3.8) is 0 Å². The zero-order chi connectivity index (χ0) is 18.7. The lowest BCUT2D eigenvalue weighted by Gasteiger charge is -2.36. The van der Waals surface area contributed by atoms with Gasteiger partial charge in [-0.3, -0.25) is 4.79 Å². The van der Waals surface area contributed by atoms with Gasteiger partial charge in [-0.15, -0.1) is 0 Å². The van der Waals surface area contributed by atoms with Crippen molar-refractivity contribution in [1.82, 2.24) is 10.6 Å². The number of methoxy groups -OCH3 is 1. The van der Waals surface area contributed by atoms with Crippen LogP contribution < -0.4 is 15.4 Å². The molecule has 4 heteroatoms. The van der Waals surface area contributed by atoms with Crippen molar-refractivity contribution in [2.45, 2.75) is 64.5 Å². The summed E-state index contributed by atoms with van der Waals surface area (Å²) in [6, 6.07) is 4.32. The van der Waals surface area contributed by atoms with Crippen LogP contribution in [0.3, 0.4) is 0 Å². The van der Waals surface area contributed by atoms with E-state index in [2.05, 4.69) is 36.6 Å². The summed E-state index contributed by atoms with van der Waals surface area (Å²) in [6.45, 7) is 5.11. The Morgan fingerprint density at radius 1 is 1.31 bits per heavy atom. The van der Waals surface area contributed by atoms with Crippen molar-refractivity contribution in [1.29, 1.82) is 0 Å². The zero-order valence-electron chi connectivity index (χ0n) is 16.6. The molecule has 0 atom stereocenters. The number of nitrogens with one attached hydrogen (secondary N) is 2. The largest absolute Gasteiger partial charge is 0.496 e. The van der Waals surface area contributed by atoms with E-state index in [9.17, 15) is 4.79 Å². The number of carbonyl (C=O) groups is 1. The third-order valence-electron chi connectivity index (χ3n) is 5.56. The van der Waals surface area contributed by atoms with Crippen molar-refractivity contribution >= 4 is 11.5 Å². The minimum absolute atomic E-state index is 0.0821.